The van der Waals surface area contributed by atoms with Crippen molar-refractivity contribution < 1.29 is 9.63 Å². The van der Waals surface area contributed by atoms with Gasteiger partial charge in [-0.3, -0.25) is 4.79 Å². The Morgan fingerprint density at radius 3 is 2.45 bits per heavy atom. The third-order valence-electron chi connectivity index (χ3n) is 9.47. The fraction of sp³-hybridized carbons (Fsp3) is 0.424. The summed E-state index contributed by atoms with van der Waals surface area (Å²) in [4.78, 5) is 36.7. The number of amides is 1. The first-order valence-corrected chi connectivity index (χ1v) is 15.2. The number of hydrogen-bond donors (Lipinski definition) is 2. The summed E-state index contributed by atoms with van der Waals surface area (Å²) in [6.45, 7) is 5.87. The van der Waals surface area contributed by atoms with Gasteiger partial charge in [0.25, 0.3) is 0 Å². The van der Waals surface area contributed by atoms with Crippen LogP contribution in [0.25, 0.3) is 22.6 Å². The Morgan fingerprint density at radius 1 is 0.905 bits per heavy atom. The number of hydrogen-bond acceptors (Lipinski definition) is 7. The van der Waals surface area contributed by atoms with Crippen LogP contribution in [-0.4, -0.2) is 77.1 Å². The molecule has 0 bridgehead atoms. The number of aromatic amines is 1. The van der Waals surface area contributed by atoms with Crippen molar-refractivity contribution in [2.75, 3.05) is 56.5 Å². The molecule has 5 heterocycles. The highest BCUT2D eigenvalue weighted by atomic mass is 16.7. The quantitative estimate of drug-likeness (QED) is 0.333. The van der Waals surface area contributed by atoms with E-state index in [-0.39, 0.29) is 11.8 Å². The first-order chi connectivity index (χ1) is 20.5. The Hall–Kier alpha value is -3.95. The highest BCUT2D eigenvalue weighted by Gasteiger charge is 2.37. The Balaban J connectivity index is 0.908. The third kappa shape index (κ3) is 5.71. The van der Waals surface area contributed by atoms with E-state index in [0.717, 1.165) is 36.2 Å². The highest BCUT2D eigenvalue weighted by Crippen LogP contribution is 2.42. The van der Waals surface area contributed by atoms with Crippen molar-refractivity contribution in [3.05, 3.63) is 66.7 Å². The van der Waals surface area contributed by atoms with Gasteiger partial charge in [-0.15, -0.1) is 5.06 Å². The van der Waals surface area contributed by atoms with E-state index >= 15 is 0 Å². The number of hydroxylamine groups is 2. The van der Waals surface area contributed by atoms with E-state index in [1.165, 1.54) is 44.5 Å². The molecule has 0 radical (unpaired) electrons. The summed E-state index contributed by atoms with van der Waals surface area (Å²) in [5.41, 5.74) is 5.21. The first-order valence-electron chi connectivity index (χ1n) is 15.2. The molecule has 218 valence electrons. The predicted octanol–water partition coefficient (Wildman–Crippen LogP) is 5.19. The highest BCUT2D eigenvalue weighted by molar-refractivity contribution is 5.93. The molecule has 7 rings (SSSR count). The van der Waals surface area contributed by atoms with E-state index in [9.17, 15) is 4.79 Å². The van der Waals surface area contributed by atoms with Crippen LogP contribution in [0.15, 0.2) is 66.7 Å². The van der Waals surface area contributed by atoms with Crippen LogP contribution in [0.1, 0.15) is 32.1 Å². The predicted molar refractivity (Wildman–Crippen MR) is 165 cm³/mol. The smallest absolute Gasteiger partial charge is 0.238 e. The maximum absolute atomic E-state index is 13.1. The number of nitrogens with one attached hydrogen (secondary N) is 2. The number of aromatic nitrogens is 3. The Kier molecular flexibility index (Phi) is 7.29. The van der Waals surface area contributed by atoms with Crippen LogP contribution in [0.3, 0.4) is 0 Å². The van der Waals surface area contributed by atoms with Crippen LogP contribution in [0, 0.1) is 11.3 Å². The van der Waals surface area contributed by atoms with Gasteiger partial charge in [0.2, 0.25) is 11.8 Å². The SMILES string of the molecule is CN1CCC2(CC1)CCN(c1ccc(NC(=O)C3CCN(Oc4cccc(-c5nc6ccccc6[nH]5)n4)C3)cc1)CC2. The van der Waals surface area contributed by atoms with Crippen LogP contribution < -0.4 is 15.1 Å². The number of rotatable bonds is 6. The molecule has 2 aromatic carbocycles. The average molecular weight is 566 g/mol. The lowest BCUT2D eigenvalue weighted by molar-refractivity contribution is -0.120. The molecule has 9 heteroatoms. The minimum atomic E-state index is -0.143. The van der Waals surface area contributed by atoms with Crippen LogP contribution in [0.2, 0.25) is 0 Å². The lowest BCUT2D eigenvalue weighted by atomic mass is 9.71. The zero-order valence-electron chi connectivity index (χ0n) is 24.3. The van der Waals surface area contributed by atoms with E-state index in [4.69, 9.17) is 4.84 Å². The summed E-state index contributed by atoms with van der Waals surface area (Å²) >= 11 is 0. The molecule has 3 aliphatic rings. The topological polar surface area (TPSA) is 89.6 Å². The molecule has 1 amide bonds. The van der Waals surface area contributed by atoms with Gasteiger partial charge >= 0.3 is 0 Å². The summed E-state index contributed by atoms with van der Waals surface area (Å²) in [7, 11) is 2.24. The number of H-pyrrole nitrogens is 1. The summed E-state index contributed by atoms with van der Waals surface area (Å²) in [6.07, 6.45) is 5.95. The van der Waals surface area contributed by atoms with Gasteiger partial charge in [-0.2, -0.15) is 0 Å². The summed E-state index contributed by atoms with van der Waals surface area (Å²) in [6, 6.07) is 21.9. The van der Waals surface area contributed by atoms with Crippen molar-refractivity contribution in [2.24, 2.45) is 11.3 Å². The third-order valence-corrected chi connectivity index (χ3v) is 9.47. The Labute approximate surface area is 246 Å². The molecule has 9 nitrogen and oxygen atoms in total. The zero-order chi connectivity index (χ0) is 28.5. The van der Waals surface area contributed by atoms with E-state index < -0.39 is 0 Å². The molecular weight excluding hydrogens is 526 g/mol. The molecular formula is C33H39N7O2. The fourth-order valence-electron chi connectivity index (χ4n) is 6.66. The van der Waals surface area contributed by atoms with Gasteiger partial charge in [-0.1, -0.05) is 18.2 Å². The molecule has 4 aromatic rings. The molecule has 1 unspecified atom stereocenters. The number of carbonyl (C=O) groups is 1. The van der Waals surface area contributed by atoms with Crippen molar-refractivity contribution in [2.45, 2.75) is 32.1 Å². The number of piperidine rings is 2. The second kappa shape index (κ2) is 11.4. The van der Waals surface area contributed by atoms with Crippen molar-refractivity contribution in [3.63, 3.8) is 0 Å². The van der Waals surface area contributed by atoms with Crippen LogP contribution in [-0.2, 0) is 4.79 Å². The Bertz CT molecular complexity index is 1500. The van der Waals surface area contributed by atoms with Crippen molar-refractivity contribution >= 4 is 28.3 Å². The van der Waals surface area contributed by atoms with Gasteiger partial charge in [0, 0.05) is 43.6 Å². The molecule has 2 N–H and O–H groups in total. The lowest BCUT2D eigenvalue weighted by Crippen LogP contribution is -2.46. The minimum absolute atomic E-state index is 0.0278. The average Bonchev–Trinajstić information content (AvgIpc) is 3.68. The number of benzene rings is 2. The van der Waals surface area contributed by atoms with Crippen molar-refractivity contribution in [1.82, 2.24) is 24.9 Å². The van der Waals surface area contributed by atoms with Crippen molar-refractivity contribution in [3.8, 4) is 17.4 Å². The van der Waals surface area contributed by atoms with Gasteiger partial charge in [0.15, 0.2) is 5.82 Å². The molecule has 2 aromatic heterocycles. The molecule has 0 saturated carbocycles. The minimum Gasteiger partial charge on any atom is -0.386 e. The standard InChI is InChI=1S/C33H39N7O2/c1-38-19-14-33(15-20-38)16-21-39(22-17-33)26-11-9-25(10-12-26)34-32(41)24-13-18-40(23-24)42-30-8-4-7-29(35-30)31-36-27-5-2-3-6-28(27)37-31/h2-12,24H,13-23H2,1H3,(H,34,41)(H,36,37). The number of para-hydroxylation sites is 2. The van der Waals surface area contributed by atoms with Crippen LogP contribution in [0.4, 0.5) is 11.4 Å². The molecule has 42 heavy (non-hydrogen) atoms. The second-order valence-electron chi connectivity index (χ2n) is 12.3. The Morgan fingerprint density at radius 2 is 1.67 bits per heavy atom. The fourth-order valence-corrected chi connectivity index (χ4v) is 6.66. The molecule has 1 spiro atoms. The number of imidazole rings is 1. The van der Waals surface area contributed by atoms with E-state index in [1.54, 1.807) is 0 Å². The number of pyridine rings is 1. The second-order valence-corrected chi connectivity index (χ2v) is 12.3. The summed E-state index contributed by atoms with van der Waals surface area (Å²) < 4.78 is 0. The summed E-state index contributed by atoms with van der Waals surface area (Å²) in [5.74, 6) is 1.08. The molecule has 1 atom stereocenters. The molecule has 3 saturated heterocycles. The maximum Gasteiger partial charge on any atom is 0.238 e. The molecule has 0 aliphatic carbocycles. The first kappa shape index (κ1) is 26.9. The van der Waals surface area contributed by atoms with E-state index in [2.05, 4.69) is 49.2 Å². The normalized spacial score (nSPS) is 21.2. The van der Waals surface area contributed by atoms with Gasteiger partial charge in [0.05, 0.1) is 17.0 Å². The van der Waals surface area contributed by atoms with Crippen LogP contribution >= 0.6 is 0 Å². The van der Waals surface area contributed by atoms with E-state index in [1.807, 2.05) is 59.7 Å². The molecule has 3 aliphatic heterocycles. The number of fused-ring (bicyclic) bond motifs is 1. The van der Waals surface area contributed by atoms with Crippen molar-refractivity contribution in [1.29, 1.82) is 0 Å². The number of likely N-dealkylation sites (tertiary alicyclic amines) is 1. The van der Waals surface area contributed by atoms with Gasteiger partial charge < -0.3 is 24.9 Å². The zero-order valence-corrected chi connectivity index (χ0v) is 24.3. The maximum atomic E-state index is 13.1. The molecule has 3 fully saturated rings. The van der Waals surface area contributed by atoms with Gasteiger partial charge in [-0.25, -0.2) is 9.97 Å². The number of anilines is 2. The summed E-state index contributed by atoms with van der Waals surface area (Å²) in [5, 5.41) is 4.95. The van der Waals surface area contributed by atoms with Gasteiger partial charge in [-0.05, 0) is 100 Å². The lowest BCUT2D eigenvalue weighted by Gasteiger charge is -2.46. The number of nitrogens with zero attached hydrogens (tertiary/aromatic N) is 5. The van der Waals surface area contributed by atoms with Gasteiger partial charge in [0.1, 0.15) is 5.69 Å². The monoisotopic (exact) mass is 565 g/mol. The number of carbonyl (C=O) groups excluding carboxylic acids is 1. The van der Waals surface area contributed by atoms with E-state index in [0.29, 0.717) is 35.9 Å². The largest absolute Gasteiger partial charge is 0.386 e. The van der Waals surface area contributed by atoms with Crippen LogP contribution in [0.5, 0.6) is 5.88 Å².